The van der Waals surface area contributed by atoms with Gasteiger partial charge >= 0.3 is 0 Å². The second kappa shape index (κ2) is 7.73. The molecule has 2 aromatic rings. The van der Waals surface area contributed by atoms with E-state index in [0.717, 1.165) is 16.7 Å². The van der Waals surface area contributed by atoms with Crippen LogP contribution >= 0.6 is 0 Å². The van der Waals surface area contributed by atoms with E-state index in [4.69, 9.17) is 5.73 Å². The quantitative estimate of drug-likeness (QED) is 0.865. The highest BCUT2D eigenvalue weighted by Gasteiger charge is 2.20. The summed E-state index contributed by atoms with van der Waals surface area (Å²) in [6, 6.07) is 12.9. The summed E-state index contributed by atoms with van der Waals surface area (Å²) in [5.74, 6) is -0.825. The molecule has 0 saturated heterocycles. The molecule has 0 saturated carbocycles. The maximum atomic E-state index is 12.5. The number of primary amides is 1. The first-order valence-corrected chi connectivity index (χ1v) is 8.84. The summed E-state index contributed by atoms with van der Waals surface area (Å²) >= 11 is 0. The third-order valence-electron chi connectivity index (χ3n) is 4.39. The lowest BCUT2D eigenvalue weighted by Crippen LogP contribution is -2.45. The summed E-state index contributed by atoms with van der Waals surface area (Å²) in [5.41, 5.74) is 10.3. The van der Waals surface area contributed by atoms with Crippen molar-refractivity contribution in [1.82, 2.24) is 5.32 Å². The topological polar surface area (TPSA) is 72.2 Å². The molecule has 138 valence electrons. The number of benzene rings is 2. The lowest BCUT2D eigenvalue weighted by molar-refractivity contribution is -0.119. The zero-order valence-electron chi connectivity index (χ0n) is 16.2. The van der Waals surface area contributed by atoms with Crippen molar-refractivity contribution in [3.05, 3.63) is 70.3 Å². The van der Waals surface area contributed by atoms with Crippen LogP contribution in [0.25, 0.3) is 0 Å². The van der Waals surface area contributed by atoms with Crippen molar-refractivity contribution >= 4 is 11.8 Å². The van der Waals surface area contributed by atoms with Crippen LogP contribution in [0.5, 0.6) is 0 Å². The van der Waals surface area contributed by atoms with E-state index in [1.165, 1.54) is 5.56 Å². The van der Waals surface area contributed by atoms with E-state index < -0.39 is 11.9 Å². The first-order valence-electron chi connectivity index (χ1n) is 8.84. The summed E-state index contributed by atoms with van der Waals surface area (Å²) in [7, 11) is 0. The van der Waals surface area contributed by atoms with E-state index >= 15 is 0 Å². The number of amides is 2. The number of hydrogen-bond donors (Lipinski definition) is 2. The predicted molar refractivity (Wildman–Crippen MR) is 105 cm³/mol. The molecule has 0 heterocycles. The number of nitrogens with one attached hydrogen (secondary N) is 1. The minimum absolute atomic E-state index is 0.0683. The van der Waals surface area contributed by atoms with Gasteiger partial charge in [-0.3, -0.25) is 9.59 Å². The molecule has 4 nitrogen and oxygen atoms in total. The van der Waals surface area contributed by atoms with Gasteiger partial charge in [-0.1, -0.05) is 62.2 Å². The number of carbonyl (C=O) groups is 2. The maximum Gasteiger partial charge on any atom is 0.251 e. The van der Waals surface area contributed by atoms with Gasteiger partial charge in [0, 0.05) is 12.0 Å². The zero-order chi connectivity index (χ0) is 19.5. The second-order valence-electron chi connectivity index (χ2n) is 7.96. The van der Waals surface area contributed by atoms with Crippen molar-refractivity contribution in [2.75, 3.05) is 0 Å². The Morgan fingerprint density at radius 2 is 1.54 bits per heavy atom. The van der Waals surface area contributed by atoms with Gasteiger partial charge in [0.2, 0.25) is 5.91 Å². The lowest BCUT2D eigenvalue weighted by atomic mass is 9.86. The van der Waals surface area contributed by atoms with Crippen LogP contribution in [-0.2, 0) is 16.6 Å². The van der Waals surface area contributed by atoms with Gasteiger partial charge in [-0.25, -0.2) is 0 Å². The Kier molecular flexibility index (Phi) is 5.86. The maximum absolute atomic E-state index is 12.5. The van der Waals surface area contributed by atoms with Gasteiger partial charge in [0.15, 0.2) is 0 Å². The van der Waals surface area contributed by atoms with Crippen molar-refractivity contribution in [1.29, 1.82) is 0 Å². The smallest absolute Gasteiger partial charge is 0.251 e. The molecule has 0 bridgehead atoms. The normalized spacial score (nSPS) is 12.5. The van der Waals surface area contributed by atoms with Crippen molar-refractivity contribution in [2.24, 2.45) is 5.73 Å². The van der Waals surface area contributed by atoms with E-state index in [0.29, 0.717) is 12.0 Å². The van der Waals surface area contributed by atoms with Gasteiger partial charge in [-0.15, -0.1) is 0 Å². The van der Waals surface area contributed by atoms with E-state index in [1.807, 2.05) is 32.0 Å². The van der Waals surface area contributed by atoms with Gasteiger partial charge < -0.3 is 11.1 Å². The van der Waals surface area contributed by atoms with Crippen LogP contribution in [0.1, 0.15) is 53.4 Å². The van der Waals surface area contributed by atoms with Crippen molar-refractivity contribution in [3.63, 3.8) is 0 Å². The number of aryl methyl sites for hydroxylation is 2. The second-order valence-corrected chi connectivity index (χ2v) is 7.96. The van der Waals surface area contributed by atoms with E-state index in [9.17, 15) is 9.59 Å². The summed E-state index contributed by atoms with van der Waals surface area (Å²) in [6.07, 6.45) is 0.371. The molecule has 0 fully saturated rings. The van der Waals surface area contributed by atoms with Crippen LogP contribution in [-0.4, -0.2) is 17.9 Å². The standard InChI is InChI=1S/C22H28N2O2/c1-14-10-15(2)12-17(11-14)21(26)24-19(20(23)25)13-16-6-8-18(9-7-16)22(3,4)5/h6-12,19H,13H2,1-5H3,(H2,23,25)(H,24,26)/t19-/m1/s1. The Morgan fingerprint density at radius 3 is 2.00 bits per heavy atom. The summed E-state index contributed by atoms with van der Waals surface area (Å²) in [5, 5.41) is 2.77. The summed E-state index contributed by atoms with van der Waals surface area (Å²) in [6.45, 7) is 10.3. The van der Waals surface area contributed by atoms with Gasteiger partial charge in [-0.05, 0) is 42.5 Å². The molecule has 0 spiro atoms. The molecule has 0 aromatic heterocycles. The molecule has 1 atom stereocenters. The Balaban J connectivity index is 2.14. The van der Waals surface area contributed by atoms with Gasteiger partial charge in [-0.2, -0.15) is 0 Å². The van der Waals surface area contributed by atoms with Crippen LogP contribution in [0.15, 0.2) is 42.5 Å². The Morgan fingerprint density at radius 1 is 1.00 bits per heavy atom. The highest BCUT2D eigenvalue weighted by Crippen LogP contribution is 2.22. The fourth-order valence-corrected chi connectivity index (χ4v) is 2.95. The molecule has 4 heteroatoms. The van der Waals surface area contributed by atoms with E-state index in [-0.39, 0.29) is 11.3 Å². The Labute approximate surface area is 155 Å². The highest BCUT2D eigenvalue weighted by atomic mass is 16.2. The third-order valence-corrected chi connectivity index (χ3v) is 4.39. The molecular weight excluding hydrogens is 324 g/mol. The van der Waals surface area contributed by atoms with Gasteiger partial charge in [0.05, 0.1) is 0 Å². The van der Waals surface area contributed by atoms with Crippen molar-refractivity contribution < 1.29 is 9.59 Å². The molecule has 2 rings (SSSR count). The van der Waals surface area contributed by atoms with Crippen LogP contribution < -0.4 is 11.1 Å². The van der Waals surface area contributed by atoms with Gasteiger partial charge in [0.25, 0.3) is 5.91 Å². The third kappa shape index (κ3) is 5.19. The van der Waals surface area contributed by atoms with Crippen LogP contribution in [0.2, 0.25) is 0 Å². The first-order chi connectivity index (χ1) is 12.1. The number of carbonyl (C=O) groups excluding carboxylic acids is 2. The molecule has 0 aliphatic rings. The molecule has 0 aliphatic heterocycles. The SMILES string of the molecule is Cc1cc(C)cc(C(=O)N[C@H](Cc2ccc(C(C)(C)C)cc2)C(N)=O)c1. The minimum Gasteiger partial charge on any atom is -0.368 e. The van der Waals surface area contributed by atoms with Crippen LogP contribution in [0.4, 0.5) is 0 Å². The molecule has 0 radical (unpaired) electrons. The van der Waals surface area contributed by atoms with Gasteiger partial charge in [0.1, 0.15) is 6.04 Å². The zero-order valence-corrected chi connectivity index (χ0v) is 16.2. The fourth-order valence-electron chi connectivity index (χ4n) is 2.95. The number of nitrogens with two attached hydrogens (primary N) is 1. The van der Waals surface area contributed by atoms with E-state index in [2.05, 4.69) is 38.2 Å². The predicted octanol–water partition coefficient (Wildman–Crippen LogP) is 3.43. The molecule has 3 N–H and O–H groups in total. The van der Waals surface area contributed by atoms with Crippen LogP contribution in [0.3, 0.4) is 0 Å². The molecular formula is C22H28N2O2. The molecule has 0 aliphatic carbocycles. The molecule has 26 heavy (non-hydrogen) atoms. The number of hydrogen-bond acceptors (Lipinski definition) is 2. The largest absolute Gasteiger partial charge is 0.368 e. The monoisotopic (exact) mass is 352 g/mol. The van der Waals surface area contributed by atoms with Crippen molar-refractivity contribution in [2.45, 2.75) is 52.5 Å². The minimum atomic E-state index is -0.746. The van der Waals surface area contributed by atoms with Crippen molar-refractivity contribution in [3.8, 4) is 0 Å². The van der Waals surface area contributed by atoms with Crippen LogP contribution in [0, 0.1) is 13.8 Å². The Bertz CT molecular complexity index is 782. The molecule has 0 unspecified atom stereocenters. The number of rotatable bonds is 5. The average molecular weight is 352 g/mol. The first kappa shape index (κ1) is 19.7. The molecule has 2 aromatic carbocycles. The summed E-state index contributed by atoms with van der Waals surface area (Å²) < 4.78 is 0. The van der Waals surface area contributed by atoms with E-state index in [1.54, 1.807) is 12.1 Å². The average Bonchev–Trinajstić information content (AvgIpc) is 2.52. The highest BCUT2D eigenvalue weighted by molar-refractivity contribution is 5.97. The fraction of sp³-hybridized carbons (Fsp3) is 0.364. The lowest BCUT2D eigenvalue weighted by Gasteiger charge is -2.20. The summed E-state index contributed by atoms with van der Waals surface area (Å²) in [4.78, 5) is 24.4. The Hall–Kier alpha value is -2.62. The molecule has 2 amide bonds.